The number of likely N-dealkylation sites (tertiary alicyclic amines) is 1. The van der Waals surface area contributed by atoms with Crippen LogP contribution < -0.4 is 11.1 Å². The smallest absolute Gasteiger partial charge is 0.224 e. The number of nitrogens with two attached hydrogens (primary N) is 1. The molecule has 0 radical (unpaired) electrons. The Bertz CT molecular complexity index is 461. The Morgan fingerprint density at radius 1 is 1.32 bits per heavy atom. The Hall–Kier alpha value is -1.39. The first kappa shape index (κ1) is 17.0. The van der Waals surface area contributed by atoms with E-state index in [0.29, 0.717) is 6.04 Å². The number of hydrogen-bond donors (Lipinski definition) is 2. The average molecular weight is 303 g/mol. The normalized spacial score (nSPS) is 22.0. The van der Waals surface area contributed by atoms with Crippen LogP contribution in [0, 0.1) is 5.92 Å². The zero-order chi connectivity index (χ0) is 15.9. The molecule has 3 N–H and O–H groups in total. The molecule has 0 aromatic heterocycles. The predicted molar refractivity (Wildman–Crippen MR) is 90.3 cm³/mol. The molecule has 3 unspecified atom stereocenters. The first-order valence-electron chi connectivity index (χ1n) is 8.39. The molecule has 3 atom stereocenters. The van der Waals surface area contributed by atoms with Gasteiger partial charge in [0, 0.05) is 31.1 Å². The van der Waals surface area contributed by atoms with Crippen molar-refractivity contribution in [1.29, 1.82) is 0 Å². The molecular formula is C18H29N3O. The van der Waals surface area contributed by atoms with E-state index in [-0.39, 0.29) is 17.9 Å². The fourth-order valence-corrected chi connectivity index (χ4v) is 2.94. The van der Waals surface area contributed by atoms with E-state index >= 15 is 0 Å². The van der Waals surface area contributed by atoms with Crippen LogP contribution in [0.4, 0.5) is 0 Å². The molecule has 22 heavy (non-hydrogen) atoms. The number of benzene rings is 1. The third kappa shape index (κ3) is 4.82. The molecule has 1 aliphatic heterocycles. The highest BCUT2D eigenvalue weighted by Gasteiger charge is 2.24. The van der Waals surface area contributed by atoms with Gasteiger partial charge in [-0.25, -0.2) is 0 Å². The van der Waals surface area contributed by atoms with Gasteiger partial charge in [0.1, 0.15) is 0 Å². The Morgan fingerprint density at radius 2 is 2.05 bits per heavy atom. The molecule has 1 saturated heterocycles. The molecule has 4 nitrogen and oxygen atoms in total. The maximum Gasteiger partial charge on any atom is 0.224 e. The summed E-state index contributed by atoms with van der Waals surface area (Å²) in [5.41, 5.74) is 7.14. The van der Waals surface area contributed by atoms with Crippen LogP contribution >= 0.6 is 0 Å². The summed E-state index contributed by atoms with van der Waals surface area (Å²) in [7, 11) is 0. The summed E-state index contributed by atoms with van der Waals surface area (Å²) in [6, 6.07) is 10.9. The van der Waals surface area contributed by atoms with E-state index in [2.05, 4.69) is 34.5 Å². The van der Waals surface area contributed by atoms with E-state index in [9.17, 15) is 4.79 Å². The lowest BCUT2D eigenvalue weighted by Gasteiger charge is -2.36. The minimum absolute atomic E-state index is 0.0697. The monoisotopic (exact) mass is 303 g/mol. The van der Waals surface area contributed by atoms with Crippen molar-refractivity contribution in [3.05, 3.63) is 35.9 Å². The number of nitrogens with zero attached hydrogens (tertiary/aromatic N) is 1. The van der Waals surface area contributed by atoms with Crippen molar-refractivity contribution in [2.45, 2.75) is 51.7 Å². The number of carbonyl (C=O) groups is 1. The molecule has 1 heterocycles. The number of carbonyl (C=O) groups excluding carboxylic acids is 1. The second kappa shape index (κ2) is 8.30. The quantitative estimate of drug-likeness (QED) is 0.846. The molecule has 1 fully saturated rings. The molecule has 0 aliphatic carbocycles. The van der Waals surface area contributed by atoms with Crippen LogP contribution in [0.25, 0.3) is 0 Å². The Labute approximate surface area is 134 Å². The second-order valence-electron chi connectivity index (χ2n) is 6.50. The molecule has 0 bridgehead atoms. The van der Waals surface area contributed by atoms with Crippen molar-refractivity contribution < 1.29 is 4.79 Å². The van der Waals surface area contributed by atoms with Crippen LogP contribution in [0.5, 0.6) is 0 Å². The van der Waals surface area contributed by atoms with Crippen LogP contribution in [-0.2, 0) is 11.3 Å². The first-order valence-corrected chi connectivity index (χ1v) is 8.39. The van der Waals surface area contributed by atoms with Crippen LogP contribution in [0.1, 0.15) is 38.7 Å². The summed E-state index contributed by atoms with van der Waals surface area (Å²) in [5.74, 6) is -0.0635. The van der Waals surface area contributed by atoms with Crippen molar-refractivity contribution in [3.63, 3.8) is 0 Å². The molecule has 0 spiro atoms. The lowest BCUT2D eigenvalue weighted by Crippen LogP contribution is -2.48. The molecule has 122 valence electrons. The fourth-order valence-electron chi connectivity index (χ4n) is 2.94. The van der Waals surface area contributed by atoms with Gasteiger partial charge in [0.15, 0.2) is 0 Å². The summed E-state index contributed by atoms with van der Waals surface area (Å²) in [6.07, 6.45) is 3.64. The third-order valence-electron chi connectivity index (χ3n) is 4.69. The van der Waals surface area contributed by atoms with Gasteiger partial charge in [0.25, 0.3) is 0 Å². The third-order valence-corrected chi connectivity index (χ3v) is 4.69. The van der Waals surface area contributed by atoms with E-state index < -0.39 is 0 Å². The van der Waals surface area contributed by atoms with E-state index in [4.69, 9.17) is 5.73 Å². The molecule has 2 rings (SSSR count). The van der Waals surface area contributed by atoms with Crippen LogP contribution in [-0.4, -0.2) is 36.0 Å². The lowest BCUT2D eigenvalue weighted by atomic mass is 10.00. The number of piperidine rings is 1. The Morgan fingerprint density at radius 3 is 2.73 bits per heavy atom. The van der Waals surface area contributed by atoms with Crippen LogP contribution in [0.15, 0.2) is 30.3 Å². The Kier molecular flexibility index (Phi) is 6.40. The first-order chi connectivity index (χ1) is 10.6. The highest BCUT2D eigenvalue weighted by atomic mass is 16.1. The van der Waals surface area contributed by atoms with E-state index in [1.807, 2.05) is 19.9 Å². The van der Waals surface area contributed by atoms with E-state index in [0.717, 1.165) is 26.1 Å². The van der Waals surface area contributed by atoms with Crippen molar-refractivity contribution in [1.82, 2.24) is 10.2 Å². The van der Waals surface area contributed by atoms with Crippen molar-refractivity contribution in [3.8, 4) is 0 Å². The van der Waals surface area contributed by atoms with Gasteiger partial charge >= 0.3 is 0 Å². The number of nitrogens with one attached hydrogen (secondary N) is 1. The maximum atomic E-state index is 12.1. The van der Waals surface area contributed by atoms with Gasteiger partial charge in [-0.05, 0) is 31.9 Å². The summed E-state index contributed by atoms with van der Waals surface area (Å²) < 4.78 is 0. The van der Waals surface area contributed by atoms with Gasteiger partial charge in [0.05, 0.1) is 0 Å². The summed E-state index contributed by atoms with van der Waals surface area (Å²) in [4.78, 5) is 14.6. The van der Waals surface area contributed by atoms with Crippen LogP contribution in [0.3, 0.4) is 0 Å². The molecular weight excluding hydrogens is 274 g/mol. The number of rotatable bonds is 6. The molecule has 1 amide bonds. The van der Waals surface area contributed by atoms with Crippen molar-refractivity contribution in [2.24, 2.45) is 11.7 Å². The maximum absolute atomic E-state index is 12.1. The van der Waals surface area contributed by atoms with Gasteiger partial charge in [-0.3, -0.25) is 9.69 Å². The topological polar surface area (TPSA) is 58.4 Å². The van der Waals surface area contributed by atoms with E-state index in [1.54, 1.807) is 0 Å². The van der Waals surface area contributed by atoms with Crippen LogP contribution in [0.2, 0.25) is 0 Å². The largest absolute Gasteiger partial charge is 0.354 e. The summed E-state index contributed by atoms with van der Waals surface area (Å²) in [5, 5.41) is 3.09. The fraction of sp³-hybridized carbons (Fsp3) is 0.611. The Balaban J connectivity index is 1.88. The highest BCUT2D eigenvalue weighted by molar-refractivity contribution is 5.78. The van der Waals surface area contributed by atoms with Gasteiger partial charge in [-0.1, -0.05) is 43.7 Å². The van der Waals surface area contributed by atoms with Gasteiger partial charge in [-0.2, -0.15) is 0 Å². The van der Waals surface area contributed by atoms with Gasteiger partial charge in [0.2, 0.25) is 5.91 Å². The van der Waals surface area contributed by atoms with Crippen molar-refractivity contribution in [2.75, 3.05) is 13.1 Å². The van der Waals surface area contributed by atoms with Crippen molar-refractivity contribution >= 4 is 5.91 Å². The SMILES string of the molecule is CC(N)C(C)C(=O)NCC1CCCCN1Cc1ccccc1. The zero-order valence-corrected chi connectivity index (χ0v) is 13.8. The van der Waals surface area contributed by atoms with Gasteiger partial charge in [-0.15, -0.1) is 0 Å². The molecule has 0 saturated carbocycles. The predicted octanol–water partition coefficient (Wildman–Crippen LogP) is 2.14. The van der Waals surface area contributed by atoms with Gasteiger partial charge < -0.3 is 11.1 Å². The molecule has 1 aromatic carbocycles. The highest BCUT2D eigenvalue weighted by Crippen LogP contribution is 2.19. The molecule has 4 heteroatoms. The lowest BCUT2D eigenvalue weighted by molar-refractivity contribution is -0.125. The minimum atomic E-state index is -0.133. The average Bonchev–Trinajstić information content (AvgIpc) is 2.54. The minimum Gasteiger partial charge on any atom is -0.354 e. The second-order valence-corrected chi connectivity index (χ2v) is 6.50. The summed E-state index contributed by atoms with van der Waals surface area (Å²) in [6.45, 7) is 6.57. The summed E-state index contributed by atoms with van der Waals surface area (Å²) >= 11 is 0. The zero-order valence-electron chi connectivity index (χ0n) is 13.8. The molecule has 1 aromatic rings. The number of amides is 1. The standard InChI is InChI=1S/C18H29N3O/c1-14(15(2)19)18(22)20-12-17-10-6-7-11-21(17)13-16-8-4-3-5-9-16/h3-5,8-9,14-15,17H,6-7,10-13,19H2,1-2H3,(H,20,22). The molecule has 1 aliphatic rings. The van der Waals surface area contributed by atoms with E-state index in [1.165, 1.54) is 18.4 Å². The number of hydrogen-bond acceptors (Lipinski definition) is 3.